The fraction of sp³-hybridized carbons (Fsp3) is 0.500. The number of ether oxygens (including phenoxy) is 1. The molecule has 1 aliphatic rings. The molecule has 2 N–H and O–H groups in total. The number of benzene rings is 1. The number of nitrogens with one attached hydrogen (secondary N) is 2. The van der Waals surface area contributed by atoms with E-state index in [1.54, 1.807) is 26.2 Å². The van der Waals surface area contributed by atoms with Crippen molar-refractivity contribution in [1.29, 1.82) is 0 Å². The minimum absolute atomic E-state index is 0.0325. The van der Waals surface area contributed by atoms with Gasteiger partial charge in [0.2, 0.25) is 0 Å². The van der Waals surface area contributed by atoms with Crippen molar-refractivity contribution < 1.29 is 9.66 Å². The van der Waals surface area contributed by atoms with Crippen LogP contribution in [0.2, 0.25) is 0 Å². The van der Waals surface area contributed by atoms with E-state index in [9.17, 15) is 10.1 Å². The topological polar surface area (TPSA) is 76.4 Å². The van der Waals surface area contributed by atoms with E-state index in [1.165, 1.54) is 0 Å². The largest absolute Gasteiger partial charge is 0.378 e. The maximum absolute atomic E-state index is 11.1. The first-order valence-corrected chi connectivity index (χ1v) is 5.87. The van der Waals surface area contributed by atoms with Gasteiger partial charge in [0.05, 0.1) is 17.1 Å². The summed E-state index contributed by atoms with van der Waals surface area (Å²) in [6.07, 6.45) is 0.0325. The van der Waals surface area contributed by atoms with Gasteiger partial charge >= 0.3 is 0 Å². The molecule has 0 bridgehead atoms. The van der Waals surface area contributed by atoms with Gasteiger partial charge in [0, 0.05) is 25.8 Å². The van der Waals surface area contributed by atoms with Gasteiger partial charge in [-0.2, -0.15) is 0 Å². The zero-order valence-corrected chi connectivity index (χ0v) is 10.5. The van der Waals surface area contributed by atoms with Gasteiger partial charge in [-0.1, -0.05) is 12.1 Å². The third-order valence-corrected chi connectivity index (χ3v) is 3.22. The molecule has 1 saturated heterocycles. The van der Waals surface area contributed by atoms with E-state index in [0.717, 1.165) is 13.1 Å². The Bertz CT molecular complexity index is 450. The molecule has 0 radical (unpaired) electrons. The minimum atomic E-state index is -0.345. The highest BCUT2D eigenvalue weighted by molar-refractivity contribution is 5.65. The lowest BCUT2D eigenvalue weighted by molar-refractivity contribution is -0.384. The van der Waals surface area contributed by atoms with Crippen LogP contribution in [0.4, 0.5) is 11.4 Å². The van der Waals surface area contributed by atoms with Crippen LogP contribution in [0, 0.1) is 17.0 Å². The fourth-order valence-corrected chi connectivity index (χ4v) is 2.26. The van der Waals surface area contributed by atoms with Crippen molar-refractivity contribution in [3.05, 3.63) is 33.9 Å². The van der Waals surface area contributed by atoms with E-state index in [0.29, 0.717) is 11.3 Å². The maximum atomic E-state index is 11.1. The summed E-state index contributed by atoms with van der Waals surface area (Å²) in [6, 6.07) is 5.34. The molecule has 0 spiro atoms. The highest BCUT2D eigenvalue weighted by atomic mass is 16.6. The Morgan fingerprint density at radius 3 is 2.94 bits per heavy atom. The molecule has 1 aromatic carbocycles. The van der Waals surface area contributed by atoms with Gasteiger partial charge in [-0.15, -0.1) is 0 Å². The van der Waals surface area contributed by atoms with Crippen molar-refractivity contribution in [2.75, 3.05) is 25.5 Å². The molecule has 98 valence electrons. The Balaban J connectivity index is 2.23. The summed E-state index contributed by atoms with van der Waals surface area (Å²) in [5, 5.41) is 17.5. The maximum Gasteiger partial charge on any atom is 0.295 e. The van der Waals surface area contributed by atoms with Crippen LogP contribution in [0.25, 0.3) is 0 Å². The molecule has 1 unspecified atom stereocenters. The molecule has 0 saturated carbocycles. The van der Waals surface area contributed by atoms with Crippen LogP contribution >= 0.6 is 0 Å². The first-order valence-electron chi connectivity index (χ1n) is 5.87. The summed E-state index contributed by atoms with van der Waals surface area (Å²) >= 11 is 0. The summed E-state index contributed by atoms with van der Waals surface area (Å²) in [5.41, 5.74) is 1.35. The molecule has 1 fully saturated rings. The predicted octanol–water partition coefficient (Wildman–Crippen LogP) is 1.30. The van der Waals surface area contributed by atoms with Gasteiger partial charge in [0.1, 0.15) is 5.69 Å². The number of nitro groups is 1. The summed E-state index contributed by atoms with van der Waals surface area (Å²) < 4.78 is 5.33. The van der Waals surface area contributed by atoms with Crippen molar-refractivity contribution in [3.63, 3.8) is 0 Å². The van der Waals surface area contributed by atoms with E-state index >= 15 is 0 Å². The van der Waals surface area contributed by atoms with Crippen LogP contribution in [-0.4, -0.2) is 37.3 Å². The second-order valence-electron chi connectivity index (χ2n) is 4.41. The molecule has 0 amide bonds. The Kier molecular flexibility index (Phi) is 3.78. The van der Waals surface area contributed by atoms with Gasteiger partial charge in [0.25, 0.3) is 5.69 Å². The van der Waals surface area contributed by atoms with Gasteiger partial charge in [-0.25, -0.2) is 0 Å². The zero-order chi connectivity index (χ0) is 13.1. The molecule has 1 heterocycles. The normalized spacial score (nSPS) is 23.0. The number of rotatable bonds is 4. The molecule has 1 aliphatic heterocycles. The van der Waals surface area contributed by atoms with Crippen LogP contribution in [0.1, 0.15) is 5.56 Å². The van der Waals surface area contributed by atoms with Crippen LogP contribution in [0.15, 0.2) is 18.2 Å². The molecule has 6 nitrogen and oxygen atoms in total. The molecule has 2 rings (SSSR count). The number of anilines is 1. The Hall–Kier alpha value is -1.66. The molecule has 0 aromatic heterocycles. The SMILES string of the molecule is CO[C@H]1CNCC1Nc1cccc(C)c1[N+](=O)[O-]. The lowest BCUT2D eigenvalue weighted by atomic mass is 10.1. The average Bonchev–Trinajstić information content (AvgIpc) is 2.76. The average molecular weight is 251 g/mol. The van der Waals surface area contributed by atoms with Crippen LogP contribution in [-0.2, 0) is 4.74 Å². The van der Waals surface area contributed by atoms with Crippen LogP contribution < -0.4 is 10.6 Å². The molecular formula is C12H17N3O3. The quantitative estimate of drug-likeness (QED) is 0.623. The third-order valence-electron chi connectivity index (χ3n) is 3.22. The van der Waals surface area contributed by atoms with E-state index in [1.807, 2.05) is 6.07 Å². The second kappa shape index (κ2) is 5.32. The van der Waals surface area contributed by atoms with Gasteiger partial charge in [0.15, 0.2) is 0 Å². The van der Waals surface area contributed by atoms with E-state index < -0.39 is 0 Å². The molecule has 1 aromatic rings. The lowest BCUT2D eigenvalue weighted by Gasteiger charge is -2.20. The van der Waals surface area contributed by atoms with E-state index in [-0.39, 0.29) is 22.8 Å². The number of hydrogen-bond donors (Lipinski definition) is 2. The number of nitrogens with zero attached hydrogens (tertiary/aromatic N) is 1. The first-order chi connectivity index (χ1) is 8.63. The van der Waals surface area contributed by atoms with Crippen molar-refractivity contribution in [2.24, 2.45) is 0 Å². The monoisotopic (exact) mass is 251 g/mol. The number of methoxy groups -OCH3 is 1. The number of hydrogen-bond acceptors (Lipinski definition) is 5. The van der Waals surface area contributed by atoms with Crippen molar-refractivity contribution >= 4 is 11.4 Å². The van der Waals surface area contributed by atoms with Crippen molar-refractivity contribution in [2.45, 2.75) is 19.1 Å². The summed E-state index contributed by atoms with van der Waals surface area (Å²) in [7, 11) is 1.65. The lowest BCUT2D eigenvalue weighted by Crippen LogP contribution is -2.33. The molecule has 18 heavy (non-hydrogen) atoms. The van der Waals surface area contributed by atoms with Crippen molar-refractivity contribution in [1.82, 2.24) is 5.32 Å². The summed E-state index contributed by atoms with van der Waals surface area (Å²) in [6.45, 7) is 3.24. The minimum Gasteiger partial charge on any atom is -0.378 e. The van der Waals surface area contributed by atoms with Crippen LogP contribution in [0.5, 0.6) is 0 Å². The van der Waals surface area contributed by atoms with Gasteiger partial charge < -0.3 is 15.4 Å². The van der Waals surface area contributed by atoms with Crippen molar-refractivity contribution in [3.8, 4) is 0 Å². The third kappa shape index (κ3) is 2.44. The van der Waals surface area contributed by atoms with E-state index in [2.05, 4.69) is 10.6 Å². The molecule has 2 atom stereocenters. The number of aryl methyl sites for hydroxylation is 1. The standard InChI is InChI=1S/C12H17N3O3/c1-8-4-3-5-9(12(8)15(16)17)14-10-6-13-7-11(10)18-2/h3-5,10-11,13-14H,6-7H2,1-2H3/t10?,11-/m0/s1. The summed E-state index contributed by atoms with van der Waals surface area (Å²) in [4.78, 5) is 10.7. The zero-order valence-electron chi connectivity index (χ0n) is 10.5. The molecule has 0 aliphatic carbocycles. The Morgan fingerprint density at radius 2 is 2.28 bits per heavy atom. The van der Waals surface area contributed by atoms with Gasteiger partial charge in [-0.05, 0) is 13.0 Å². The highest BCUT2D eigenvalue weighted by Gasteiger charge is 2.29. The van der Waals surface area contributed by atoms with Crippen LogP contribution in [0.3, 0.4) is 0 Å². The fourth-order valence-electron chi connectivity index (χ4n) is 2.26. The Labute approximate surface area is 105 Å². The number of nitro benzene ring substituents is 1. The van der Waals surface area contributed by atoms with E-state index in [4.69, 9.17) is 4.74 Å². The smallest absolute Gasteiger partial charge is 0.295 e. The Morgan fingerprint density at radius 1 is 1.50 bits per heavy atom. The predicted molar refractivity (Wildman–Crippen MR) is 68.9 cm³/mol. The molecule has 6 heteroatoms. The summed E-state index contributed by atoms with van der Waals surface area (Å²) in [5.74, 6) is 0. The van der Waals surface area contributed by atoms with Gasteiger partial charge in [-0.3, -0.25) is 10.1 Å². The molecular weight excluding hydrogens is 234 g/mol. The highest BCUT2D eigenvalue weighted by Crippen LogP contribution is 2.29. The first kappa shape index (κ1) is 12.8. The number of para-hydroxylation sites is 1. The second-order valence-corrected chi connectivity index (χ2v) is 4.41.